The zero-order valence-electron chi connectivity index (χ0n) is 8.59. The van der Waals surface area contributed by atoms with Gasteiger partial charge in [-0.1, -0.05) is 23.7 Å². The van der Waals surface area contributed by atoms with Gasteiger partial charge in [0.05, 0.1) is 6.21 Å². The van der Waals surface area contributed by atoms with Crippen molar-refractivity contribution in [2.45, 2.75) is 0 Å². The third kappa shape index (κ3) is 2.83. The van der Waals surface area contributed by atoms with Gasteiger partial charge in [0.15, 0.2) is 0 Å². The number of aromatic amines is 1. The molecule has 0 saturated heterocycles. The van der Waals surface area contributed by atoms with Crippen molar-refractivity contribution in [1.29, 1.82) is 0 Å². The smallest absolute Gasteiger partial charge is 0.262 e. The highest BCUT2D eigenvalue weighted by molar-refractivity contribution is 7.71. The van der Waals surface area contributed by atoms with Gasteiger partial charge in [-0.2, -0.15) is 9.78 Å². The number of anilines is 1. The Morgan fingerprint density at radius 3 is 2.76 bits per heavy atom. The van der Waals surface area contributed by atoms with Crippen LogP contribution in [0.5, 0.6) is 0 Å². The van der Waals surface area contributed by atoms with Crippen LogP contribution < -0.4 is 11.3 Å². The Hall–Kier alpha value is -1.86. The molecule has 0 amide bonds. The van der Waals surface area contributed by atoms with E-state index >= 15 is 0 Å². The molecule has 0 saturated carbocycles. The van der Waals surface area contributed by atoms with Crippen LogP contribution in [0.2, 0.25) is 5.02 Å². The molecule has 0 aliphatic heterocycles. The van der Waals surface area contributed by atoms with E-state index in [1.165, 1.54) is 4.68 Å². The first-order valence-corrected chi connectivity index (χ1v) is 5.42. The third-order valence-corrected chi connectivity index (χ3v) is 2.49. The summed E-state index contributed by atoms with van der Waals surface area (Å²) in [4.78, 5) is 0. The molecule has 2 rings (SSSR count). The van der Waals surface area contributed by atoms with Gasteiger partial charge in [0.1, 0.15) is 0 Å². The summed E-state index contributed by atoms with van der Waals surface area (Å²) in [5, 5.41) is 11.0. The average Bonchev–Trinajstić information content (AvgIpc) is 2.64. The summed E-state index contributed by atoms with van der Waals surface area (Å²) in [6, 6.07) is 7.24. The topological polar surface area (TPSA) is 84.0 Å². The maximum Gasteiger partial charge on any atom is 0.262 e. The highest BCUT2D eigenvalue weighted by atomic mass is 35.5. The summed E-state index contributed by atoms with van der Waals surface area (Å²) in [7, 11) is 0. The predicted octanol–water partition coefficient (Wildman–Crippen LogP) is 1.75. The molecule has 0 radical (unpaired) electrons. The first kappa shape index (κ1) is 11.6. The van der Waals surface area contributed by atoms with Crippen molar-refractivity contribution in [3.05, 3.63) is 39.6 Å². The van der Waals surface area contributed by atoms with E-state index in [9.17, 15) is 0 Å². The van der Waals surface area contributed by atoms with Crippen molar-refractivity contribution in [3.63, 3.8) is 0 Å². The minimum absolute atomic E-state index is 0.314. The maximum absolute atomic E-state index is 5.76. The summed E-state index contributed by atoms with van der Waals surface area (Å²) < 4.78 is 1.50. The lowest BCUT2D eigenvalue weighted by Gasteiger charge is -1.97. The van der Waals surface area contributed by atoms with Crippen LogP contribution in [0, 0.1) is 4.77 Å². The molecule has 0 aliphatic rings. The monoisotopic (exact) mass is 268 g/mol. The lowest BCUT2D eigenvalue weighted by molar-refractivity contribution is 0.971. The summed E-state index contributed by atoms with van der Waals surface area (Å²) in [6.07, 6.45) is 1.62. The van der Waals surface area contributed by atoms with E-state index in [1.807, 2.05) is 12.1 Å². The van der Waals surface area contributed by atoms with E-state index in [1.54, 1.807) is 18.3 Å². The molecule has 17 heavy (non-hydrogen) atoms. The van der Waals surface area contributed by atoms with Crippen LogP contribution in [0.4, 0.5) is 5.95 Å². The summed E-state index contributed by atoms with van der Waals surface area (Å²) in [5.74, 6) is 5.90. The lowest BCUT2D eigenvalue weighted by Crippen LogP contribution is -2.11. The second-order valence-electron chi connectivity index (χ2n) is 3.14. The van der Waals surface area contributed by atoms with E-state index in [2.05, 4.69) is 20.7 Å². The number of nitrogens with zero attached hydrogens (tertiary/aromatic N) is 3. The minimum Gasteiger partial charge on any atom is -0.334 e. The molecule has 1 heterocycles. The fourth-order valence-corrected chi connectivity index (χ4v) is 1.36. The van der Waals surface area contributed by atoms with Crippen molar-refractivity contribution in [2.24, 2.45) is 5.10 Å². The number of nitrogens with two attached hydrogens (primary N) is 1. The van der Waals surface area contributed by atoms with Crippen molar-refractivity contribution in [3.8, 4) is 0 Å². The molecule has 0 fully saturated rings. The number of nitrogen functional groups attached to an aromatic ring is 1. The van der Waals surface area contributed by atoms with Gasteiger partial charge in [-0.3, -0.25) is 0 Å². The molecule has 8 heteroatoms. The van der Waals surface area contributed by atoms with Crippen molar-refractivity contribution >= 4 is 36.0 Å². The zero-order valence-corrected chi connectivity index (χ0v) is 10.2. The molecule has 88 valence electrons. The Balaban J connectivity index is 2.05. The standard InChI is InChI=1S/C9H9ClN6S/c10-7-3-1-6(2-4-7)5-12-13-8-14-15-9(17)16(8)11/h1-5H,11H2,(H,13,14)(H,15,17). The largest absolute Gasteiger partial charge is 0.334 e. The van der Waals surface area contributed by atoms with E-state index in [0.717, 1.165) is 5.56 Å². The Bertz CT molecular complexity index is 584. The van der Waals surface area contributed by atoms with Crippen molar-refractivity contribution in [1.82, 2.24) is 14.9 Å². The van der Waals surface area contributed by atoms with Gasteiger partial charge < -0.3 is 5.84 Å². The van der Waals surface area contributed by atoms with E-state index in [4.69, 9.17) is 29.7 Å². The van der Waals surface area contributed by atoms with Gasteiger partial charge >= 0.3 is 0 Å². The van der Waals surface area contributed by atoms with Crippen LogP contribution in [0.25, 0.3) is 0 Å². The van der Waals surface area contributed by atoms with Gasteiger partial charge in [-0.25, -0.2) is 10.5 Å². The van der Waals surface area contributed by atoms with Crippen LogP contribution in [0.15, 0.2) is 29.4 Å². The fourth-order valence-electron chi connectivity index (χ4n) is 1.10. The molecule has 1 aromatic carbocycles. The van der Waals surface area contributed by atoms with E-state index in [-0.39, 0.29) is 0 Å². The normalized spacial score (nSPS) is 10.9. The maximum atomic E-state index is 5.76. The Morgan fingerprint density at radius 1 is 1.47 bits per heavy atom. The number of rotatable bonds is 3. The molecule has 0 unspecified atom stereocenters. The highest BCUT2D eigenvalue weighted by Crippen LogP contribution is 2.08. The minimum atomic E-state index is 0.314. The van der Waals surface area contributed by atoms with E-state index < -0.39 is 0 Å². The lowest BCUT2D eigenvalue weighted by atomic mass is 10.2. The summed E-state index contributed by atoms with van der Waals surface area (Å²) >= 11 is 10.6. The number of hydrogen-bond donors (Lipinski definition) is 3. The molecule has 0 spiro atoms. The number of aromatic nitrogens is 3. The van der Waals surface area contributed by atoms with Crippen LogP contribution in [0.1, 0.15) is 5.56 Å². The van der Waals surface area contributed by atoms with Crippen molar-refractivity contribution in [2.75, 3.05) is 11.3 Å². The molecule has 0 bridgehead atoms. The van der Waals surface area contributed by atoms with Gasteiger partial charge in [-0.05, 0) is 29.9 Å². The highest BCUT2D eigenvalue weighted by Gasteiger charge is 1.98. The molecule has 0 atom stereocenters. The third-order valence-electron chi connectivity index (χ3n) is 1.95. The number of H-pyrrole nitrogens is 1. The second-order valence-corrected chi connectivity index (χ2v) is 3.97. The van der Waals surface area contributed by atoms with Gasteiger partial charge in [0, 0.05) is 5.02 Å². The average molecular weight is 269 g/mol. The molecule has 0 aliphatic carbocycles. The quantitative estimate of drug-likeness (QED) is 0.343. The SMILES string of the molecule is Nn1c(NN=Cc2ccc(Cl)cc2)n[nH]c1=S. The fraction of sp³-hybridized carbons (Fsp3) is 0. The Morgan fingerprint density at radius 2 is 2.18 bits per heavy atom. The number of nitrogens with one attached hydrogen (secondary N) is 2. The van der Waals surface area contributed by atoms with Crippen LogP contribution in [-0.4, -0.2) is 21.1 Å². The summed E-state index contributed by atoms with van der Waals surface area (Å²) in [6.45, 7) is 0. The number of hydrazone groups is 1. The predicted molar refractivity (Wildman–Crippen MR) is 70.2 cm³/mol. The van der Waals surface area contributed by atoms with Crippen LogP contribution in [-0.2, 0) is 0 Å². The molecule has 1 aromatic heterocycles. The molecular formula is C9H9ClN6S. The van der Waals surface area contributed by atoms with Crippen LogP contribution >= 0.6 is 23.8 Å². The number of hydrogen-bond acceptors (Lipinski definition) is 5. The second kappa shape index (κ2) is 4.98. The Kier molecular flexibility index (Phi) is 3.40. The number of benzene rings is 1. The van der Waals surface area contributed by atoms with Gasteiger partial charge in [0.25, 0.3) is 5.95 Å². The molecule has 2 aromatic rings. The van der Waals surface area contributed by atoms with E-state index in [0.29, 0.717) is 15.7 Å². The van der Waals surface area contributed by atoms with Crippen molar-refractivity contribution < 1.29 is 0 Å². The van der Waals surface area contributed by atoms with Gasteiger partial charge in [-0.15, -0.1) is 5.10 Å². The summed E-state index contributed by atoms with van der Waals surface area (Å²) in [5.41, 5.74) is 3.56. The molecule has 4 N–H and O–H groups in total. The Labute approximate surface area is 107 Å². The molecule has 6 nitrogen and oxygen atoms in total. The zero-order chi connectivity index (χ0) is 12.3. The first-order chi connectivity index (χ1) is 8.16. The first-order valence-electron chi connectivity index (χ1n) is 4.64. The van der Waals surface area contributed by atoms with Gasteiger partial charge in [0.2, 0.25) is 4.77 Å². The molecular weight excluding hydrogens is 260 g/mol. The van der Waals surface area contributed by atoms with Crippen LogP contribution in [0.3, 0.4) is 0 Å². The number of halogens is 1.